The number of phenolic OH excluding ortho intramolecular Hbond substituents is 1. The van der Waals surface area contributed by atoms with Gasteiger partial charge in [-0.15, -0.1) is 0 Å². The third-order valence-electron chi connectivity index (χ3n) is 5.46. The van der Waals surface area contributed by atoms with E-state index in [9.17, 15) is 19.1 Å². The van der Waals surface area contributed by atoms with Crippen molar-refractivity contribution < 1.29 is 19.1 Å². The summed E-state index contributed by atoms with van der Waals surface area (Å²) in [6.07, 6.45) is 2.30. The maximum Gasteiger partial charge on any atom is 0.342 e. The topological polar surface area (TPSA) is 96.3 Å². The van der Waals surface area contributed by atoms with Gasteiger partial charge in [0.2, 0.25) is 5.91 Å². The van der Waals surface area contributed by atoms with Gasteiger partial charge in [-0.1, -0.05) is 32.0 Å². The minimum Gasteiger partial charge on any atom is -0.507 e. The maximum absolute atomic E-state index is 13.9. The van der Waals surface area contributed by atoms with E-state index in [2.05, 4.69) is 15.7 Å². The van der Waals surface area contributed by atoms with Gasteiger partial charge in [0.15, 0.2) is 0 Å². The molecule has 172 valence electrons. The minimum atomic E-state index is -0.455. The Hall–Kier alpha value is -3.68. The summed E-state index contributed by atoms with van der Waals surface area (Å²) in [4.78, 5) is 24.8. The number of carbonyl (C=O) groups is 2. The van der Waals surface area contributed by atoms with Crippen LogP contribution in [0.5, 0.6) is 5.75 Å². The molecule has 0 bridgehead atoms. The van der Waals surface area contributed by atoms with E-state index in [1.165, 1.54) is 16.8 Å². The van der Waals surface area contributed by atoms with Gasteiger partial charge in [-0.05, 0) is 43.0 Å². The molecule has 0 saturated heterocycles. The van der Waals surface area contributed by atoms with Crippen LogP contribution in [0.25, 0.3) is 11.3 Å². The second-order valence-corrected chi connectivity index (χ2v) is 8.77. The first-order valence-corrected chi connectivity index (χ1v) is 11.1. The molecule has 0 unspecified atom stereocenters. The van der Waals surface area contributed by atoms with Gasteiger partial charge in [-0.3, -0.25) is 4.79 Å². The molecular formula is C25H27FN4O3. The van der Waals surface area contributed by atoms with Gasteiger partial charge in [0.05, 0.1) is 11.4 Å². The standard InChI is InChI=1S/C25H27FN4O3/c1-15(2)11-24(32)28-18-9-10-19(23(31)12-18)21-13-22(16-7-8-16)30(29-21)25(33)27-14-17-5-3-4-6-20(17)26/h3-6,9-10,12-13,15-16,31H,7-8,11,14H2,1-2H3,(H,27,33)(H,28,32). The van der Waals surface area contributed by atoms with Crippen LogP contribution in [0, 0.1) is 11.7 Å². The number of aromatic hydroxyl groups is 1. The zero-order chi connectivity index (χ0) is 23.5. The Morgan fingerprint density at radius 3 is 2.61 bits per heavy atom. The number of nitrogens with zero attached hydrogens (tertiary/aromatic N) is 2. The molecule has 1 saturated carbocycles. The van der Waals surface area contributed by atoms with Crippen molar-refractivity contribution in [2.45, 2.75) is 45.6 Å². The van der Waals surface area contributed by atoms with E-state index in [1.807, 2.05) is 13.8 Å². The van der Waals surface area contributed by atoms with Crippen LogP contribution in [0.2, 0.25) is 0 Å². The average Bonchev–Trinajstić information content (AvgIpc) is 3.51. The molecule has 1 aliphatic rings. The average molecular weight is 451 g/mol. The number of amides is 2. The summed E-state index contributed by atoms with van der Waals surface area (Å²) in [7, 11) is 0. The Labute approximate surface area is 191 Å². The van der Waals surface area contributed by atoms with Crippen LogP contribution in [0.1, 0.15) is 50.3 Å². The van der Waals surface area contributed by atoms with Gasteiger partial charge in [-0.2, -0.15) is 9.78 Å². The number of carbonyl (C=O) groups excluding carboxylic acids is 2. The first-order chi connectivity index (χ1) is 15.8. The lowest BCUT2D eigenvalue weighted by Crippen LogP contribution is -2.30. The number of nitrogens with one attached hydrogen (secondary N) is 2. The van der Waals surface area contributed by atoms with Crippen LogP contribution in [-0.2, 0) is 11.3 Å². The van der Waals surface area contributed by atoms with Crippen LogP contribution in [-0.4, -0.2) is 26.8 Å². The lowest BCUT2D eigenvalue weighted by molar-refractivity contribution is -0.116. The predicted octanol–water partition coefficient (Wildman–Crippen LogP) is 5.01. The molecule has 0 radical (unpaired) electrons. The Bertz CT molecular complexity index is 1180. The van der Waals surface area contributed by atoms with Gasteiger partial charge in [0, 0.05) is 41.8 Å². The molecule has 2 aromatic carbocycles. The van der Waals surface area contributed by atoms with Crippen molar-refractivity contribution in [2.24, 2.45) is 5.92 Å². The van der Waals surface area contributed by atoms with Crippen molar-refractivity contribution >= 4 is 17.6 Å². The molecule has 1 heterocycles. The first-order valence-electron chi connectivity index (χ1n) is 11.1. The summed E-state index contributed by atoms with van der Waals surface area (Å²) in [5.41, 5.74) is 2.55. The van der Waals surface area contributed by atoms with E-state index in [0.29, 0.717) is 28.9 Å². The highest BCUT2D eigenvalue weighted by molar-refractivity contribution is 5.91. The summed E-state index contributed by atoms with van der Waals surface area (Å²) in [5, 5.41) is 20.5. The van der Waals surface area contributed by atoms with E-state index in [1.54, 1.807) is 36.4 Å². The first kappa shape index (κ1) is 22.5. The number of anilines is 1. The number of hydrogen-bond acceptors (Lipinski definition) is 4. The van der Waals surface area contributed by atoms with Gasteiger partial charge in [0.1, 0.15) is 11.6 Å². The largest absolute Gasteiger partial charge is 0.507 e. The highest BCUT2D eigenvalue weighted by Gasteiger charge is 2.30. The normalized spacial score (nSPS) is 13.2. The zero-order valence-corrected chi connectivity index (χ0v) is 18.6. The van der Waals surface area contributed by atoms with Gasteiger partial charge in [0.25, 0.3) is 0 Å². The lowest BCUT2D eigenvalue weighted by atomic mass is 10.1. The molecular weight excluding hydrogens is 423 g/mol. The molecule has 0 atom stereocenters. The van der Waals surface area contributed by atoms with Gasteiger partial charge in [-0.25, -0.2) is 9.18 Å². The van der Waals surface area contributed by atoms with Crippen LogP contribution in [0.4, 0.5) is 14.9 Å². The second kappa shape index (κ2) is 9.44. The monoisotopic (exact) mass is 450 g/mol. The molecule has 8 heteroatoms. The second-order valence-electron chi connectivity index (χ2n) is 8.77. The van der Waals surface area contributed by atoms with E-state index in [0.717, 1.165) is 18.5 Å². The Morgan fingerprint density at radius 1 is 1.18 bits per heavy atom. The van der Waals surface area contributed by atoms with E-state index in [4.69, 9.17) is 0 Å². The number of aromatic nitrogens is 2. The number of hydrogen-bond donors (Lipinski definition) is 3. The summed E-state index contributed by atoms with van der Waals surface area (Å²) in [6.45, 7) is 3.96. The van der Waals surface area contributed by atoms with Crippen molar-refractivity contribution in [3.8, 4) is 17.0 Å². The maximum atomic E-state index is 13.9. The van der Waals surface area contributed by atoms with Crippen molar-refractivity contribution in [3.05, 3.63) is 65.6 Å². The third kappa shape index (κ3) is 5.39. The van der Waals surface area contributed by atoms with E-state index < -0.39 is 6.03 Å². The molecule has 0 spiro atoms. The van der Waals surface area contributed by atoms with Crippen LogP contribution < -0.4 is 10.6 Å². The summed E-state index contributed by atoms with van der Waals surface area (Å²) in [5.74, 6) is -0.0960. The number of phenols is 1. The molecule has 3 N–H and O–H groups in total. The molecule has 4 rings (SSSR count). The molecule has 1 aromatic heterocycles. The zero-order valence-electron chi connectivity index (χ0n) is 18.6. The van der Waals surface area contributed by atoms with E-state index in [-0.39, 0.29) is 35.9 Å². The highest BCUT2D eigenvalue weighted by atomic mass is 19.1. The molecule has 7 nitrogen and oxygen atoms in total. The SMILES string of the molecule is CC(C)CC(=O)Nc1ccc(-c2cc(C3CC3)n(C(=O)NCc3ccccc3F)n2)c(O)c1. The fraction of sp³-hybridized carbons (Fsp3) is 0.320. The van der Waals surface area contributed by atoms with Crippen molar-refractivity contribution in [1.29, 1.82) is 0 Å². The predicted molar refractivity (Wildman–Crippen MR) is 123 cm³/mol. The molecule has 2 amide bonds. The molecule has 3 aromatic rings. The van der Waals surface area contributed by atoms with E-state index >= 15 is 0 Å². The van der Waals surface area contributed by atoms with Crippen LogP contribution in [0.3, 0.4) is 0 Å². The summed E-state index contributed by atoms with van der Waals surface area (Å²) >= 11 is 0. The Balaban J connectivity index is 1.53. The fourth-order valence-corrected chi connectivity index (χ4v) is 3.66. The van der Waals surface area contributed by atoms with Crippen LogP contribution in [0.15, 0.2) is 48.5 Å². The minimum absolute atomic E-state index is 0.0425. The molecule has 1 fully saturated rings. The lowest BCUT2D eigenvalue weighted by Gasteiger charge is -2.09. The fourth-order valence-electron chi connectivity index (χ4n) is 3.66. The Kier molecular flexibility index (Phi) is 6.44. The molecule has 33 heavy (non-hydrogen) atoms. The Morgan fingerprint density at radius 2 is 1.94 bits per heavy atom. The summed E-state index contributed by atoms with van der Waals surface area (Å²) < 4.78 is 15.2. The quantitative estimate of drug-likeness (QED) is 0.471. The van der Waals surface area contributed by atoms with Crippen LogP contribution >= 0.6 is 0 Å². The third-order valence-corrected chi connectivity index (χ3v) is 5.46. The van der Waals surface area contributed by atoms with Gasteiger partial charge < -0.3 is 15.7 Å². The number of benzene rings is 2. The number of rotatable bonds is 7. The number of halogens is 1. The van der Waals surface area contributed by atoms with Crippen molar-refractivity contribution in [2.75, 3.05) is 5.32 Å². The van der Waals surface area contributed by atoms with Crippen molar-refractivity contribution in [3.63, 3.8) is 0 Å². The summed E-state index contributed by atoms with van der Waals surface area (Å²) in [6, 6.07) is 12.5. The van der Waals surface area contributed by atoms with Gasteiger partial charge >= 0.3 is 6.03 Å². The van der Waals surface area contributed by atoms with Crippen molar-refractivity contribution in [1.82, 2.24) is 15.1 Å². The smallest absolute Gasteiger partial charge is 0.342 e. The highest BCUT2D eigenvalue weighted by Crippen LogP contribution is 2.42. The molecule has 0 aliphatic heterocycles. The molecule has 1 aliphatic carbocycles.